The number of aliphatic hydroxyl groups excluding tert-OH is 1. The van der Waals surface area contributed by atoms with E-state index in [0.717, 1.165) is 30.0 Å². The fourth-order valence-electron chi connectivity index (χ4n) is 2.76. The van der Waals surface area contributed by atoms with Crippen LogP contribution in [0.25, 0.3) is 0 Å². The summed E-state index contributed by atoms with van der Waals surface area (Å²) in [6, 6.07) is 4.30. The van der Waals surface area contributed by atoms with E-state index in [0.29, 0.717) is 11.5 Å². The largest absolute Gasteiger partial charge is 0.394 e. The topological polar surface area (TPSA) is 60.1 Å². The molecule has 1 saturated heterocycles. The lowest BCUT2D eigenvalue weighted by Gasteiger charge is -2.28. The second-order valence-electron chi connectivity index (χ2n) is 5.06. The Morgan fingerprint density at radius 1 is 1.56 bits per heavy atom. The maximum atomic E-state index is 9.53. The Morgan fingerprint density at radius 3 is 2.89 bits per heavy atom. The van der Waals surface area contributed by atoms with Crippen molar-refractivity contribution in [2.45, 2.75) is 33.2 Å². The number of aryl methyl sites for hydroxylation is 2. The monoisotopic (exact) mass is 245 g/mol. The van der Waals surface area contributed by atoms with Gasteiger partial charge in [0.15, 0.2) is 0 Å². The molecule has 0 radical (unpaired) electrons. The molecule has 0 bridgehead atoms. The van der Waals surface area contributed by atoms with Gasteiger partial charge in [0.1, 0.15) is 6.07 Å². The maximum absolute atomic E-state index is 9.53. The Kier molecular flexibility index (Phi) is 3.53. The SMILES string of the molecule is Cc1cc(N2CCC(C)C2CO)c(C#N)c(C)n1. The average molecular weight is 245 g/mol. The fourth-order valence-corrected chi connectivity index (χ4v) is 2.76. The number of pyridine rings is 1. The first-order valence-electron chi connectivity index (χ1n) is 6.34. The molecule has 1 fully saturated rings. The van der Waals surface area contributed by atoms with Crippen LogP contribution in [0.2, 0.25) is 0 Å². The highest BCUT2D eigenvalue weighted by Gasteiger charge is 2.32. The Balaban J connectivity index is 2.48. The van der Waals surface area contributed by atoms with Gasteiger partial charge in [-0.05, 0) is 32.3 Å². The fraction of sp³-hybridized carbons (Fsp3) is 0.571. The summed E-state index contributed by atoms with van der Waals surface area (Å²) in [4.78, 5) is 6.49. The lowest BCUT2D eigenvalue weighted by atomic mass is 10.0. The smallest absolute Gasteiger partial charge is 0.103 e. The molecule has 0 spiro atoms. The van der Waals surface area contributed by atoms with Crippen molar-refractivity contribution in [3.8, 4) is 6.07 Å². The van der Waals surface area contributed by atoms with Crippen molar-refractivity contribution in [2.24, 2.45) is 5.92 Å². The molecule has 2 rings (SSSR count). The van der Waals surface area contributed by atoms with E-state index in [1.807, 2.05) is 19.9 Å². The lowest BCUT2D eigenvalue weighted by molar-refractivity contribution is 0.244. The number of nitriles is 1. The first-order chi connectivity index (χ1) is 8.58. The summed E-state index contributed by atoms with van der Waals surface area (Å²) in [5, 5.41) is 18.8. The van der Waals surface area contributed by atoms with Crippen molar-refractivity contribution < 1.29 is 5.11 Å². The van der Waals surface area contributed by atoms with Crippen molar-refractivity contribution >= 4 is 5.69 Å². The second-order valence-corrected chi connectivity index (χ2v) is 5.06. The molecule has 0 aromatic carbocycles. The minimum absolute atomic E-state index is 0.110. The van der Waals surface area contributed by atoms with Crippen LogP contribution >= 0.6 is 0 Å². The predicted octanol–water partition coefficient (Wildman–Crippen LogP) is 1.78. The summed E-state index contributed by atoms with van der Waals surface area (Å²) in [6.07, 6.45) is 1.05. The van der Waals surface area contributed by atoms with Crippen LogP contribution < -0.4 is 4.90 Å². The quantitative estimate of drug-likeness (QED) is 0.862. The van der Waals surface area contributed by atoms with E-state index < -0.39 is 0 Å². The molecule has 2 heterocycles. The molecule has 1 aromatic rings. The van der Waals surface area contributed by atoms with Crippen LogP contribution in [-0.4, -0.2) is 29.3 Å². The molecule has 0 aliphatic carbocycles. The number of aliphatic hydroxyl groups is 1. The standard InChI is InChI=1S/C14H19N3O/c1-9-4-5-17(14(9)8-18)13-6-10(2)16-11(3)12(13)7-15/h6,9,14,18H,4-5,8H2,1-3H3. The third-order valence-electron chi connectivity index (χ3n) is 3.80. The number of anilines is 1. The maximum Gasteiger partial charge on any atom is 0.103 e. The van der Waals surface area contributed by atoms with E-state index in [-0.39, 0.29) is 12.6 Å². The molecule has 2 unspecified atom stereocenters. The summed E-state index contributed by atoms with van der Waals surface area (Å²) in [7, 11) is 0. The van der Waals surface area contributed by atoms with Crippen molar-refractivity contribution in [1.82, 2.24) is 4.98 Å². The van der Waals surface area contributed by atoms with Crippen LogP contribution in [0.15, 0.2) is 6.07 Å². The van der Waals surface area contributed by atoms with E-state index in [1.54, 1.807) is 0 Å². The molecule has 0 saturated carbocycles. The van der Waals surface area contributed by atoms with Crippen molar-refractivity contribution in [3.05, 3.63) is 23.0 Å². The predicted molar refractivity (Wildman–Crippen MR) is 70.4 cm³/mol. The molecule has 4 nitrogen and oxygen atoms in total. The van der Waals surface area contributed by atoms with Gasteiger partial charge in [-0.2, -0.15) is 5.26 Å². The number of hydrogen-bond acceptors (Lipinski definition) is 4. The summed E-state index contributed by atoms with van der Waals surface area (Å²) < 4.78 is 0. The molecule has 1 aromatic heterocycles. The van der Waals surface area contributed by atoms with Gasteiger partial charge in [0.25, 0.3) is 0 Å². The zero-order chi connectivity index (χ0) is 13.3. The normalized spacial score (nSPS) is 23.2. The Bertz CT molecular complexity index is 493. The van der Waals surface area contributed by atoms with Gasteiger partial charge in [-0.15, -0.1) is 0 Å². The van der Waals surface area contributed by atoms with E-state index >= 15 is 0 Å². The number of hydrogen-bond donors (Lipinski definition) is 1. The Hall–Kier alpha value is -1.60. The molecule has 1 aliphatic heterocycles. The lowest BCUT2D eigenvalue weighted by Crippen LogP contribution is -2.35. The Labute approximate surface area is 108 Å². The highest BCUT2D eigenvalue weighted by Crippen LogP contribution is 2.32. The average Bonchev–Trinajstić information content (AvgIpc) is 2.69. The van der Waals surface area contributed by atoms with E-state index in [9.17, 15) is 10.4 Å². The van der Waals surface area contributed by atoms with Crippen molar-refractivity contribution in [3.63, 3.8) is 0 Å². The minimum Gasteiger partial charge on any atom is -0.394 e. The van der Waals surface area contributed by atoms with Crippen LogP contribution in [0.1, 0.15) is 30.3 Å². The third kappa shape index (κ3) is 2.06. The highest BCUT2D eigenvalue weighted by molar-refractivity contribution is 5.62. The Morgan fingerprint density at radius 2 is 2.28 bits per heavy atom. The molecule has 0 amide bonds. The van der Waals surface area contributed by atoms with E-state index in [1.165, 1.54) is 0 Å². The first-order valence-corrected chi connectivity index (χ1v) is 6.34. The molecule has 1 aliphatic rings. The van der Waals surface area contributed by atoms with Gasteiger partial charge in [-0.3, -0.25) is 4.98 Å². The van der Waals surface area contributed by atoms with Crippen molar-refractivity contribution in [1.29, 1.82) is 5.26 Å². The van der Waals surface area contributed by atoms with E-state index in [2.05, 4.69) is 22.9 Å². The number of rotatable bonds is 2. The van der Waals surface area contributed by atoms with Gasteiger partial charge < -0.3 is 10.0 Å². The highest BCUT2D eigenvalue weighted by atomic mass is 16.3. The van der Waals surface area contributed by atoms with Gasteiger partial charge in [0, 0.05) is 12.2 Å². The van der Waals surface area contributed by atoms with Crippen LogP contribution in [0.3, 0.4) is 0 Å². The molecule has 96 valence electrons. The second kappa shape index (κ2) is 4.95. The summed E-state index contributed by atoms with van der Waals surface area (Å²) >= 11 is 0. The van der Waals surface area contributed by atoms with Crippen LogP contribution in [-0.2, 0) is 0 Å². The van der Waals surface area contributed by atoms with E-state index in [4.69, 9.17) is 0 Å². The first kappa shape index (κ1) is 12.8. The zero-order valence-electron chi connectivity index (χ0n) is 11.1. The van der Waals surface area contributed by atoms with Gasteiger partial charge in [-0.25, -0.2) is 0 Å². The summed E-state index contributed by atoms with van der Waals surface area (Å²) in [5.41, 5.74) is 3.24. The van der Waals surface area contributed by atoms with Crippen LogP contribution in [0, 0.1) is 31.1 Å². The minimum atomic E-state index is 0.110. The van der Waals surface area contributed by atoms with Crippen LogP contribution in [0.5, 0.6) is 0 Å². The number of nitrogens with zero attached hydrogens (tertiary/aromatic N) is 3. The van der Waals surface area contributed by atoms with Crippen LogP contribution in [0.4, 0.5) is 5.69 Å². The summed E-state index contributed by atoms with van der Waals surface area (Å²) in [6.45, 7) is 6.97. The molecule has 4 heteroatoms. The molecule has 2 atom stereocenters. The van der Waals surface area contributed by atoms with Gasteiger partial charge in [0.2, 0.25) is 0 Å². The zero-order valence-corrected chi connectivity index (χ0v) is 11.1. The molecular formula is C14H19N3O. The molecule has 18 heavy (non-hydrogen) atoms. The van der Waals surface area contributed by atoms with Gasteiger partial charge >= 0.3 is 0 Å². The van der Waals surface area contributed by atoms with Crippen molar-refractivity contribution in [2.75, 3.05) is 18.1 Å². The third-order valence-corrected chi connectivity index (χ3v) is 3.80. The number of aromatic nitrogens is 1. The molecular weight excluding hydrogens is 226 g/mol. The molecule has 1 N–H and O–H groups in total. The van der Waals surface area contributed by atoms with Gasteiger partial charge in [0.05, 0.1) is 29.6 Å². The van der Waals surface area contributed by atoms with Gasteiger partial charge in [-0.1, -0.05) is 6.92 Å². The summed E-state index contributed by atoms with van der Waals surface area (Å²) in [5.74, 6) is 0.454.